The Morgan fingerprint density at radius 1 is 1.22 bits per heavy atom. The molecule has 4 N–H and O–H groups in total. The number of halogens is 2. The van der Waals surface area contributed by atoms with Crippen LogP contribution in [0.25, 0.3) is 0 Å². The van der Waals surface area contributed by atoms with Gasteiger partial charge < -0.3 is 30.7 Å². The highest BCUT2D eigenvalue weighted by atomic mass is 35.5. The lowest BCUT2D eigenvalue weighted by Crippen LogP contribution is -2.43. The summed E-state index contributed by atoms with van der Waals surface area (Å²) in [5.74, 6) is 0.708. The lowest BCUT2D eigenvalue weighted by molar-refractivity contribution is -0.111. The number of methoxy groups -OCH3 is 1. The van der Waals surface area contributed by atoms with Crippen molar-refractivity contribution in [3.05, 3.63) is 65.6 Å². The minimum atomic E-state index is -1.35. The number of ether oxygens (including phenoxy) is 1. The molecule has 2 aromatic carbocycles. The predicted molar refractivity (Wildman–Crippen MR) is 183 cm³/mol. The minimum Gasteiger partial charge on any atom is -0.494 e. The van der Waals surface area contributed by atoms with E-state index >= 15 is 0 Å². The SMILES string of the molecule is C=CC(=O)Nc1cc(Nc2nccc(Nc3cc(Cl)c(F)cc3C(C)(C)O)n2)c(OC)cc1N(C)C[C@H]1C[C@@H](C)CN1CN(C)C. The van der Waals surface area contributed by atoms with Gasteiger partial charge in [-0.2, -0.15) is 4.98 Å². The van der Waals surface area contributed by atoms with Gasteiger partial charge in [-0.25, -0.2) is 9.37 Å². The summed E-state index contributed by atoms with van der Waals surface area (Å²) in [4.78, 5) is 28.2. The summed E-state index contributed by atoms with van der Waals surface area (Å²) < 4.78 is 20.0. The normalized spacial score (nSPS) is 16.8. The standard InChI is InChI=1S/C33H44ClFN8O3/c1-9-31(44)38-26-15-27(29(46-8)16-28(26)42(7)18-21-12-20(2)17-43(21)19-41(5)6)39-32-36-11-10-30(40-32)37-25-14-23(34)24(35)13-22(25)33(3,4)45/h9-11,13-16,20-21,45H,1,12,17-19H2,2-8H3,(H,38,44)(H2,36,37,39,40)/t20-,21-/m1/s1. The second-order valence-corrected chi connectivity index (χ2v) is 12.9. The molecule has 0 bridgehead atoms. The van der Waals surface area contributed by atoms with Gasteiger partial charge in [-0.1, -0.05) is 25.1 Å². The van der Waals surface area contributed by atoms with E-state index in [0.717, 1.165) is 31.9 Å². The molecule has 2 atom stereocenters. The van der Waals surface area contributed by atoms with Crippen molar-refractivity contribution < 1.29 is 19.0 Å². The Kier molecular flexibility index (Phi) is 11.1. The summed E-state index contributed by atoms with van der Waals surface area (Å²) in [6.45, 7) is 11.6. The van der Waals surface area contributed by atoms with Gasteiger partial charge in [0.25, 0.3) is 0 Å². The topological polar surface area (TPSA) is 118 Å². The number of carbonyl (C=O) groups excluding carboxylic acids is 1. The number of hydrogen-bond acceptors (Lipinski definition) is 10. The summed E-state index contributed by atoms with van der Waals surface area (Å²) in [5.41, 5.74) is 1.21. The number of hydrogen-bond donors (Lipinski definition) is 4. The molecule has 1 aliphatic heterocycles. The number of carbonyl (C=O) groups is 1. The molecule has 0 saturated carbocycles. The van der Waals surface area contributed by atoms with Crippen LogP contribution in [0, 0.1) is 11.7 Å². The molecule has 13 heteroatoms. The molecule has 1 fully saturated rings. The molecule has 248 valence electrons. The fraction of sp³-hybridized carbons (Fsp3) is 0.424. The molecule has 4 rings (SSSR count). The van der Waals surface area contributed by atoms with Gasteiger partial charge in [-0.15, -0.1) is 0 Å². The highest BCUT2D eigenvalue weighted by Crippen LogP contribution is 2.39. The summed E-state index contributed by atoms with van der Waals surface area (Å²) in [6.07, 6.45) is 3.84. The molecule has 11 nitrogen and oxygen atoms in total. The Morgan fingerprint density at radius 2 is 1.96 bits per heavy atom. The molecule has 3 aromatic rings. The van der Waals surface area contributed by atoms with Gasteiger partial charge in [0, 0.05) is 49.7 Å². The molecule has 0 aliphatic carbocycles. The van der Waals surface area contributed by atoms with Crippen molar-refractivity contribution in [1.82, 2.24) is 19.8 Å². The minimum absolute atomic E-state index is 0.0975. The molecule has 2 heterocycles. The van der Waals surface area contributed by atoms with Crippen LogP contribution in [-0.2, 0) is 10.4 Å². The first-order valence-corrected chi connectivity index (χ1v) is 15.4. The molecule has 1 aliphatic rings. The zero-order valence-corrected chi connectivity index (χ0v) is 28.2. The molecule has 1 aromatic heterocycles. The molecule has 1 amide bonds. The zero-order chi connectivity index (χ0) is 33.8. The summed E-state index contributed by atoms with van der Waals surface area (Å²) in [6, 6.07) is 8.21. The second-order valence-electron chi connectivity index (χ2n) is 12.5. The van der Waals surface area contributed by atoms with E-state index in [9.17, 15) is 14.3 Å². The first-order chi connectivity index (χ1) is 21.7. The van der Waals surface area contributed by atoms with Gasteiger partial charge in [0.15, 0.2) is 0 Å². The van der Waals surface area contributed by atoms with Crippen LogP contribution in [-0.4, -0.2) is 84.8 Å². The second kappa shape index (κ2) is 14.6. The summed E-state index contributed by atoms with van der Waals surface area (Å²) in [7, 11) is 7.72. The van der Waals surface area contributed by atoms with E-state index in [1.54, 1.807) is 39.3 Å². The molecule has 46 heavy (non-hydrogen) atoms. The molecule has 0 radical (unpaired) electrons. The van der Waals surface area contributed by atoms with Gasteiger partial charge >= 0.3 is 0 Å². The third kappa shape index (κ3) is 8.64. The average Bonchev–Trinajstić information content (AvgIpc) is 3.31. The largest absolute Gasteiger partial charge is 0.494 e. The van der Waals surface area contributed by atoms with E-state index in [1.165, 1.54) is 18.2 Å². The van der Waals surface area contributed by atoms with Crippen molar-refractivity contribution in [1.29, 1.82) is 0 Å². The number of likely N-dealkylation sites (N-methyl/N-ethyl adjacent to an activating group) is 1. The zero-order valence-electron chi connectivity index (χ0n) is 27.5. The van der Waals surface area contributed by atoms with E-state index < -0.39 is 11.4 Å². The van der Waals surface area contributed by atoms with Gasteiger partial charge in [0.2, 0.25) is 11.9 Å². The van der Waals surface area contributed by atoms with Crippen molar-refractivity contribution in [3.8, 4) is 5.75 Å². The Balaban J connectivity index is 1.64. The molecule has 0 unspecified atom stereocenters. The van der Waals surface area contributed by atoms with Crippen LogP contribution < -0.4 is 25.6 Å². The Morgan fingerprint density at radius 3 is 2.61 bits per heavy atom. The maximum Gasteiger partial charge on any atom is 0.247 e. The van der Waals surface area contributed by atoms with Crippen LogP contribution in [0.1, 0.15) is 32.8 Å². The number of nitrogens with one attached hydrogen (secondary N) is 3. The van der Waals surface area contributed by atoms with Crippen LogP contribution in [0.4, 0.5) is 38.9 Å². The number of benzene rings is 2. The smallest absolute Gasteiger partial charge is 0.247 e. The van der Waals surface area contributed by atoms with Gasteiger partial charge in [0.05, 0.1) is 41.5 Å². The van der Waals surface area contributed by atoms with E-state index in [1.807, 2.05) is 13.1 Å². The number of aliphatic hydroxyl groups is 1. The maximum absolute atomic E-state index is 14.2. The highest BCUT2D eigenvalue weighted by Gasteiger charge is 2.31. The number of nitrogens with zero attached hydrogens (tertiary/aromatic N) is 5. The number of aromatic nitrogens is 2. The van der Waals surface area contributed by atoms with E-state index in [0.29, 0.717) is 46.2 Å². The van der Waals surface area contributed by atoms with E-state index in [-0.39, 0.29) is 16.9 Å². The monoisotopic (exact) mass is 654 g/mol. The highest BCUT2D eigenvalue weighted by molar-refractivity contribution is 6.31. The maximum atomic E-state index is 14.2. The van der Waals surface area contributed by atoms with Gasteiger partial charge in [0.1, 0.15) is 17.4 Å². The van der Waals surface area contributed by atoms with Crippen molar-refractivity contribution in [3.63, 3.8) is 0 Å². The number of likely N-dealkylation sites (tertiary alicyclic amines) is 1. The number of amides is 1. The fourth-order valence-corrected chi connectivity index (χ4v) is 5.88. The van der Waals surface area contributed by atoms with Crippen molar-refractivity contribution >= 4 is 52.0 Å². The summed E-state index contributed by atoms with van der Waals surface area (Å²) >= 11 is 6.05. The quantitative estimate of drug-likeness (QED) is 0.169. The first kappa shape index (κ1) is 34.9. The lowest BCUT2D eigenvalue weighted by Gasteiger charge is -2.32. The van der Waals surface area contributed by atoms with Gasteiger partial charge in [-0.3, -0.25) is 14.6 Å². The Bertz CT molecular complexity index is 1560. The molecular weight excluding hydrogens is 611 g/mol. The number of rotatable bonds is 13. The average molecular weight is 655 g/mol. The third-order valence-electron chi connectivity index (χ3n) is 7.74. The van der Waals surface area contributed by atoms with Crippen LogP contribution in [0.15, 0.2) is 49.2 Å². The van der Waals surface area contributed by atoms with Crippen molar-refractivity contribution in [2.24, 2.45) is 5.92 Å². The van der Waals surface area contributed by atoms with Crippen molar-refractivity contribution in [2.45, 2.75) is 38.8 Å². The predicted octanol–water partition coefficient (Wildman–Crippen LogP) is 5.78. The number of anilines is 6. The van der Waals surface area contributed by atoms with Crippen LogP contribution in [0.5, 0.6) is 5.75 Å². The first-order valence-electron chi connectivity index (χ1n) is 15.0. The van der Waals surface area contributed by atoms with E-state index in [4.69, 9.17) is 16.3 Å². The van der Waals surface area contributed by atoms with Crippen LogP contribution >= 0.6 is 11.6 Å². The molecule has 0 spiro atoms. The van der Waals surface area contributed by atoms with Crippen molar-refractivity contribution in [2.75, 3.05) is 68.9 Å². The van der Waals surface area contributed by atoms with E-state index in [2.05, 4.69) is 68.2 Å². The molecular formula is C33H44ClFN8O3. The lowest BCUT2D eigenvalue weighted by atomic mass is 9.96. The fourth-order valence-electron chi connectivity index (χ4n) is 5.72. The van der Waals surface area contributed by atoms with Crippen LogP contribution in [0.3, 0.4) is 0 Å². The third-order valence-corrected chi connectivity index (χ3v) is 8.03. The Labute approximate surface area is 275 Å². The van der Waals surface area contributed by atoms with Crippen LogP contribution in [0.2, 0.25) is 5.02 Å². The Hall–Kier alpha value is -3.97. The van der Waals surface area contributed by atoms with Gasteiger partial charge in [-0.05, 0) is 70.6 Å². The molecule has 1 saturated heterocycles. The summed E-state index contributed by atoms with van der Waals surface area (Å²) in [5, 5.41) is 19.8.